The molecule has 1 heterocycles. The van der Waals surface area contributed by atoms with Crippen LogP contribution in [0.15, 0.2) is 23.4 Å². The van der Waals surface area contributed by atoms with Crippen LogP contribution >= 0.6 is 11.3 Å². The van der Waals surface area contributed by atoms with Gasteiger partial charge >= 0.3 is 0 Å². The van der Waals surface area contributed by atoms with Gasteiger partial charge in [0.2, 0.25) is 0 Å². The van der Waals surface area contributed by atoms with E-state index in [9.17, 15) is 4.79 Å². The van der Waals surface area contributed by atoms with Crippen LogP contribution in [0.5, 0.6) is 0 Å². The lowest BCUT2D eigenvalue weighted by atomic mass is 10.3. The van der Waals surface area contributed by atoms with Gasteiger partial charge in [-0.05, 0) is 0 Å². The molecule has 1 radical (unpaired) electrons. The lowest BCUT2D eigenvalue weighted by molar-refractivity contribution is 0.270. The van der Waals surface area contributed by atoms with Crippen LogP contribution in [-0.2, 0) is 9.63 Å². The average molecular weight is 196 g/mol. The normalized spacial score (nSPS) is 10.9. The molecule has 0 aliphatic heterocycles. The molecular formula is C7H6N3O2S. The summed E-state index contributed by atoms with van der Waals surface area (Å²) in [6, 6.07) is 0. The van der Waals surface area contributed by atoms with Crippen molar-refractivity contribution in [1.29, 1.82) is 0 Å². The Morgan fingerprint density at radius 2 is 2.69 bits per heavy atom. The molecule has 6 heteroatoms. The minimum absolute atomic E-state index is 0.0344. The van der Waals surface area contributed by atoms with Gasteiger partial charge < -0.3 is 10.6 Å². The second-order valence-corrected chi connectivity index (χ2v) is 2.77. The van der Waals surface area contributed by atoms with E-state index in [-0.39, 0.29) is 5.71 Å². The van der Waals surface area contributed by atoms with Gasteiger partial charge in [0.05, 0.1) is 0 Å². The predicted octanol–water partition coefficient (Wildman–Crippen LogP) is 0.699. The molecule has 67 valence electrons. The number of hydrogen-bond donors (Lipinski definition) is 1. The van der Waals surface area contributed by atoms with E-state index in [2.05, 4.69) is 21.6 Å². The Hall–Kier alpha value is -1.69. The number of carbonyl (C=O) groups excluding carboxylic acids is 1. The maximum atomic E-state index is 10.4. The van der Waals surface area contributed by atoms with Gasteiger partial charge in [-0.15, -0.1) is 11.3 Å². The van der Waals surface area contributed by atoms with Crippen molar-refractivity contribution in [3.8, 4) is 0 Å². The smallest absolute Gasteiger partial charge is 0.259 e. The molecule has 0 aliphatic rings. The maximum absolute atomic E-state index is 10.4. The highest BCUT2D eigenvalue weighted by Gasteiger charge is 2.07. The summed E-state index contributed by atoms with van der Waals surface area (Å²) in [4.78, 5) is 18.7. The van der Waals surface area contributed by atoms with Gasteiger partial charge in [-0.25, -0.2) is 4.98 Å². The van der Waals surface area contributed by atoms with E-state index in [1.165, 1.54) is 11.3 Å². The molecular weight excluding hydrogens is 190 g/mol. The summed E-state index contributed by atoms with van der Waals surface area (Å²) >= 11 is 1.21. The minimum atomic E-state index is -0.0344. The number of thiazole rings is 1. The van der Waals surface area contributed by atoms with Gasteiger partial charge in [0, 0.05) is 5.38 Å². The molecule has 0 aromatic carbocycles. The standard InChI is InChI=1S/C7H6N3O2S/c1-2-12-10-5(3-11)6-4-13-7(8)9-6/h2,4H,1H2,(H2,8,9)/b10-5+. The number of nitrogen functional groups attached to an aromatic ring is 1. The number of anilines is 1. The monoisotopic (exact) mass is 196 g/mol. The first-order valence-electron chi connectivity index (χ1n) is 3.22. The van der Waals surface area contributed by atoms with Crippen LogP contribution in [0, 0.1) is 0 Å². The third-order valence-electron chi connectivity index (χ3n) is 1.08. The summed E-state index contributed by atoms with van der Waals surface area (Å²) in [5, 5.41) is 5.35. The van der Waals surface area contributed by atoms with Gasteiger partial charge in [-0.1, -0.05) is 11.7 Å². The van der Waals surface area contributed by atoms with Gasteiger partial charge in [-0.2, -0.15) is 0 Å². The van der Waals surface area contributed by atoms with Gasteiger partial charge in [0.1, 0.15) is 12.0 Å². The Labute approximate surface area is 78.5 Å². The molecule has 0 fully saturated rings. The van der Waals surface area contributed by atoms with Crippen LogP contribution in [0.3, 0.4) is 0 Å². The van der Waals surface area contributed by atoms with Crippen molar-refractivity contribution in [2.24, 2.45) is 5.16 Å². The van der Waals surface area contributed by atoms with Crippen LogP contribution in [0.2, 0.25) is 0 Å². The number of oxime groups is 1. The minimum Gasteiger partial charge on any atom is -0.375 e. The van der Waals surface area contributed by atoms with Crippen LogP contribution in [0.1, 0.15) is 5.69 Å². The first-order valence-corrected chi connectivity index (χ1v) is 4.10. The van der Waals surface area contributed by atoms with Crippen molar-refractivity contribution in [2.45, 2.75) is 0 Å². The number of aromatic nitrogens is 1. The molecule has 0 bridgehead atoms. The van der Waals surface area contributed by atoms with Crippen molar-refractivity contribution >= 4 is 28.5 Å². The predicted molar refractivity (Wildman–Crippen MR) is 50.0 cm³/mol. The first-order chi connectivity index (χ1) is 6.27. The summed E-state index contributed by atoms with van der Waals surface area (Å²) in [5.74, 6) is 0. The molecule has 0 unspecified atom stereocenters. The lowest BCUT2D eigenvalue weighted by Gasteiger charge is -1.90. The van der Waals surface area contributed by atoms with Crippen molar-refractivity contribution in [3.05, 3.63) is 23.9 Å². The van der Waals surface area contributed by atoms with Crippen LogP contribution < -0.4 is 5.73 Å². The van der Waals surface area contributed by atoms with E-state index in [0.29, 0.717) is 10.8 Å². The summed E-state index contributed by atoms with van der Waals surface area (Å²) in [6.45, 7) is 3.26. The molecule has 13 heavy (non-hydrogen) atoms. The highest BCUT2D eigenvalue weighted by Crippen LogP contribution is 2.11. The summed E-state index contributed by atoms with van der Waals surface area (Å²) < 4.78 is 0. The topological polar surface area (TPSA) is 77.6 Å². The molecule has 0 amide bonds. The largest absolute Gasteiger partial charge is 0.375 e. The number of nitrogens with two attached hydrogens (primary N) is 1. The third kappa shape index (κ3) is 2.38. The Kier molecular flexibility index (Phi) is 3.15. The highest BCUT2D eigenvalue weighted by molar-refractivity contribution is 7.13. The summed E-state index contributed by atoms with van der Waals surface area (Å²) in [6.07, 6.45) is 2.67. The maximum Gasteiger partial charge on any atom is 0.259 e. The van der Waals surface area contributed by atoms with Crippen LogP contribution in [-0.4, -0.2) is 17.0 Å². The third-order valence-corrected chi connectivity index (χ3v) is 1.75. The number of hydrogen-bond acceptors (Lipinski definition) is 6. The fourth-order valence-electron chi connectivity index (χ4n) is 0.604. The van der Waals surface area contributed by atoms with E-state index in [1.54, 1.807) is 11.7 Å². The quantitative estimate of drug-likeness (QED) is 0.437. The molecule has 1 aromatic heterocycles. The molecule has 0 saturated carbocycles. The van der Waals surface area contributed by atoms with E-state index in [1.807, 2.05) is 0 Å². The fourth-order valence-corrected chi connectivity index (χ4v) is 1.15. The van der Waals surface area contributed by atoms with E-state index >= 15 is 0 Å². The van der Waals surface area contributed by atoms with Gasteiger partial charge in [-0.3, -0.25) is 4.79 Å². The summed E-state index contributed by atoms with van der Waals surface area (Å²) in [7, 11) is 0. The first kappa shape index (κ1) is 9.40. The zero-order valence-corrected chi connectivity index (χ0v) is 7.37. The lowest BCUT2D eigenvalue weighted by Crippen LogP contribution is -2.03. The second-order valence-electron chi connectivity index (χ2n) is 1.89. The van der Waals surface area contributed by atoms with E-state index in [0.717, 1.165) is 6.26 Å². The molecule has 1 aromatic rings. The van der Waals surface area contributed by atoms with Gasteiger partial charge in [0.15, 0.2) is 10.8 Å². The molecule has 0 saturated heterocycles. The molecule has 5 nitrogen and oxygen atoms in total. The molecule has 0 aliphatic carbocycles. The van der Waals surface area contributed by atoms with Crippen molar-refractivity contribution < 1.29 is 9.63 Å². The van der Waals surface area contributed by atoms with Gasteiger partial charge in [0.25, 0.3) is 6.29 Å². The van der Waals surface area contributed by atoms with Crippen LogP contribution in [0.25, 0.3) is 0 Å². The Bertz CT molecular complexity index is 345. The molecule has 0 atom stereocenters. The zero-order chi connectivity index (χ0) is 9.68. The summed E-state index contributed by atoms with van der Waals surface area (Å²) in [5.41, 5.74) is 5.67. The van der Waals surface area contributed by atoms with E-state index in [4.69, 9.17) is 5.73 Å². The van der Waals surface area contributed by atoms with Crippen molar-refractivity contribution in [3.63, 3.8) is 0 Å². The van der Waals surface area contributed by atoms with Crippen molar-refractivity contribution in [2.75, 3.05) is 5.73 Å². The van der Waals surface area contributed by atoms with Crippen LogP contribution in [0.4, 0.5) is 5.13 Å². The molecule has 1 rings (SSSR count). The molecule has 2 N–H and O–H groups in total. The van der Waals surface area contributed by atoms with E-state index < -0.39 is 0 Å². The highest BCUT2D eigenvalue weighted by atomic mass is 32.1. The Morgan fingerprint density at radius 3 is 3.15 bits per heavy atom. The fraction of sp³-hybridized carbons (Fsp3) is 0. The Balaban J connectivity index is 2.89. The average Bonchev–Trinajstić information content (AvgIpc) is 2.54. The number of nitrogens with zero attached hydrogens (tertiary/aromatic N) is 2. The SMILES string of the molecule is C=CO/N=C(\[C]=O)c1csc(N)n1. The molecule has 0 spiro atoms. The number of rotatable bonds is 4. The second kappa shape index (κ2) is 4.36. The zero-order valence-electron chi connectivity index (χ0n) is 6.56. The van der Waals surface area contributed by atoms with Crippen molar-refractivity contribution in [1.82, 2.24) is 4.98 Å². The Morgan fingerprint density at radius 1 is 1.92 bits per heavy atom.